The van der Waals surface area contributed by atoms with E-state index in [1.807, 2.05) is 0 Å². The Balaban J connectivity index is 2.22. The molecule has 92 valence electrons. The topological polar surface area (TPSA) is 0 Å². The minimum absolute atomic E-state index is 0.148. The molecule has 3 rings (SSSR count). The molecular weight excluding hydrogens is 216 g/mol. The smallest absolute Gasteiger partial charge is 0.0158 e. The van der Waals surface area contributed by atoms with E-state index in [0.717, 1.165) is 0 Å². The molecule has 0 aliphatic heterocycles. The molecule has 1 aliphatic carbocycles. The van der Waals surface area contributed by atoms with Crippen molar-refractivity contribution in [1.82, 2.24) is 0 Å². The molecule has 0 aromatic heterocycles. The molecule has 0 saturated carbocycles. The van der Waals surface area contributed by atoms with E-state index in [4.69, 9.17) is 0 Å². The summed E-state index contributed by atoms with van der Waals surface area (Å²) in [6.45, 7) is 6.92. The van der Waals surface area contributed by atoms with E-state index in [9.17, 15) is 0 Å². The fourth-order valence-corrected chi connectivity index (χ4v) is 3.20. The molecular formula is C18H20. The molecule has 0 bridgehead atoms. The summed E-state index contributed by atoms with van der Waals surface area (Å²) in [7, 11) is 0. The van der Waals surface area contributed by atoms with Crippen molar-refractivity contribution < 1.29 is 0 Å². The molecule has 0 heterocycles. The zero-order chi connectivity index (χ0) is 12.8. The summed E-state index contributed by atoms with van der Waals surface area (Å²) in [5.74, 6) is 0. The van der Waals surface area contributed by atoms with Crippen LogP contribution in [0.4, 0.5) is 0 Å². The summed E-state index contributed by atoms with van der Waals surface area (Å²) in [6.07, 6.45) is 2.39. The maximum atomic E-state index is 2.42. The summed E-state index contributed by atoms with van der Waals surface area (Å²) in [5.41, 5.74) is 7.42. The summed E-state index contributed by atoms with van der Waals surface area (Å²) < 4.78 is 0. The second kappa shape index (κ2) is 3.98. The molecule has 0 unspecified atom stereocenters. The molecule has 2 aromatic carbocycles. The van der Waals surface area contributed by atoms with Crippen LogP contribution in [0, 0.1) is 0 Å². The first-order valence-corrected chi connectivity index (χ1v) is 6.88. The minimum Gasteiger partial charge on any atom is -0.0651 e. The zero-order valence-corrected chi connectivity index (χ0v) is 11.5. The lowest BCUT2D eigenvalue weighted by Gasteiger charge is -2.21. The van der Waals surface area contributed by atoms with Crippen molar-refractivity contribution in [3.8, 4) is 11.1 Å². The third-order valence-electron chi connectivity index (χ3n) is 4.19. The highest BCUT2D eigenvalue weighted by molar-refractivity contribution is 5.80. The minimum atomic E-state index is 0.148. The largest absolute Gasteiger partial charge is 0.0651 e. The summed E-state index contributed by atoms with van der Waals surface area (Å²) in [4.78, 5) is 0. The Labute approximate surface area is 110 Å². The van der Waals surface area contributed by atoms with Crippen LogP contribution in [0.2, 0.25) is 0 Å². The average molecular weight is 236 g/mol. The first-order valence-electron chi connectivity index (χ1n) is 6.88. The highest BCUT2D eigenvalue weighted by Gasteiger charge is 2.34. The number of rotatable bonds is 2. The van der Waals surface area contributed by atoms with E-state index in [1.54, 1.807) is 0 Å². The molecule has 0 spiro atoms. The van der Waals surface area contributed by atoms with Crippen LogP contribution >= 0.6 is 0 Å². The Morgan fingerprint density at radius 2 is 1.61 bits per heavy atom. The van der Waals surface area contributed by atoms with Crippen LogP contribution in [0.1, 0.15) is 43.9 Å². The van der Waals surface area contributed by atoms with Crippen LogP contribution in [-0.2, 0) is 11.8 Å². The van der Waals surface area contributed by atoms with E-state index >= 15 is 0 Å². The lowest BCUT2D eigenvalue weighted by Crippen LogP contribution is -2.15. The number of hydrogen-bond acceptors (Lipinski definition) is 0. The molecule has 0 N–H and O–H groups in total. The summed E-state index contributed by atoms with van der Waals surface area (Å²) in [6, 6.07) is 15.8. The molecule has 0 radical (unpaired) electrons. The molecule has 0 fully saturated rings. The van der Waals surface area contributed by atoms with Crippen LogP contribution in [0.25, 0.3) is 11.1 Å². The second-order valence-corrected chi connectivity index (χ2v) is 5.80. The Bertz CT molecular complexity index is 591. The molecule has 18 heavy (non-hydrogen) atoms. The molecule has 0 heteroatoms. The van der Waals surface area contributed by atoms with Crippen molar-refractivity contribution in [3.63, 3.8) is 0 Å². The maximum absolute atomic E-state index is 2.42. The molecule has 0 nitrogen and oxygen atoms in total. The van der Waals surface area contributed by atoms with Gasteiger partial charge in [-0.3, -0.25) is 0 Å². The quantitative estimate of drug-likeness (QED) is 0.692. The fraction of sp³-hybridized carbons (Fsp3) is 0.333. The summed E-state index contributed by atoms with van der Waals surface area (Å²) >= 11 is 0. The average Bonchev–Trinajstić information content (AvgIpc) is 2.60. The molecule has 0 atom stereocenters. The molecule has 2 aromatic rings. The van der Waals surface area contributed by atoms with Crippen molar-refractivity contribution in [1.29, 1.82) is 0 Å². The van der Waals surface area contributed by atoms with Crippen molar-refractivity contribution in [2.75, 3.05) is 0 Å². The van der Waals surface area contributed by atoms with Gasteiger partial charge in [0, 0.05) is 5.41 Å². The fourth-order valence-electron chi connectivity index (χ4n) is 3.20. The Kier molecular flexibility index (Phi) is 2.55. The van der Waals surface area contributed by atoms with Crippen LogP contribution < -0.4 is 0 Å². The molecule has 1 aliphatic rings. The Hall–Kier alpha value is -1.56. The highest BCUT2D eigenvalue weighted by Crippen LogP contribution is 2.48. The van der Waals surface area contributed by atoms with Gasteiger partial charge in [0.2, 0.25) is 0 Å². The van der Waals surface area contributed by atoms with Gasteiger partial charge in [0.1, 0.15) is 0 Å². The van der Waals surface area contributed by atoms with Gasteiger partial charge in [0.05, 0.1) is 0 Å². The van der Waals surface area contributed by atoms with Gasteiger partial charge in [-0.1, -0.05) is 69.7 Å². The number of benzene rings is 2. The van der Waals surface area contributed by atoms with Crippen LogP contribution in [-0.4, -0.2) is 0 Å². The monoisotopic (exact) mass is 236 g/mol. The first kappa shape index (κ1) is 11.5. The van der Waals surface area contributed by atoms with E-state index < -0.39 is 0 Å². The highest BCUT2D eigenvalue weighted by atomic mass is 14.4. The van der Waals surface area contributed by atoms with Crippen LogP contribution in [0.15, 0.2) is 42.5 Å². The van der Waals surface area contributed by atoms with Crippen LogP contribution in [0.5, 0.6) is 0 Å². The predicted molar refractivity (Wildman–Crippen MR) is 78.0 cm³/mol. The van der Waals surface area contributed by atoms with E-state index in [-0.39, 0.29) is 5.41 Å². The lowest BCUT2D eigenvalue weighted by molar-refractivity contribution is 0.659. The van der Waals surface area contributed by atoms with E-state index in [2.05, 4.69) is 63.2 Å². The third-order valence-corrected chi connectivity index (χ3v) is 4.19. The van der Waals surface area contributed by atoms with Gasteiger partial charge in [-0.05, 0) is 34.2 Å². The lowest BCUT2D eigenvalue weighted by atomic mass is 9.82. The van der Waals surface area contributed by atoms with Gasteiger partial charge in [-0.25, -0.2) is 0 Å². The van der Waals surface area contributed by atoms with Gasteiger partial charge in [-0.15, -0.1) is 0 Å². The number of hydrogen-bond donors (Lipinski definition) is 0. The Morgan fingerprint density at radius 3 is 2.39 bits per heavy atom. The van der Waals surface area contributed by atoms with Crippen molar-refractivity contribution in [2.24, 2.45) is 0 Å². The normalized spacial score (nSPS) is 15.3. The van der Waals surface area contributed by atoms with Crippen LogP contribution in [0.3, 0.4) is 0 Å². The van der Waals surface area contributed by atoms with Gasteiger partial charge in [-0.2, -0.15) is 0 Å². The van der Waals surface area contributed by atoms with E-state index in [1.165, 1.54) is 40.7 Å². The van der Waals surface area contributed by atoms with Crippen molar-refractivity contribution in [2.45, 2.75) is 39.0 Å². The predicted octanol–water partition coefficient (Wildman–Crippen LogP) is 4.95. The third kappa shape index (κ3) is 1.52. The standard InChI is InChI=1S/C18H20/c1-4-7-13-10-11-15-14-8-5-6-9-16(14)18(2,3)17(15)12-13/h5-6,8-12H,4,7H2,1-3H3. The second-order valence-electron chi connectivity index (χ2n) is 5.80. The van der Waals surface area contributed by atoms with Gasteiger partial charge in [0.25, 0.3) is 0 Å². The summed E-state index contributed by atoms with van der Waals surface area (Å²) in [5, 5.41) is 0. The van der Waals surface area contributed by atoms with Gasteiger partial charge >= 0.3 is 0 Å². The SMILES string of the molecule is CCCc1ccc2c(c1)C(C)(C)c1ccccc1-2. The maximum Gasteiger partial charge on any atom is 0.0158 e. The number of aryl methyl sites for hydroxylation is 1. The van der Waals surface area contributed by atoms with Crippen molar-refractivity contribution >= 4 is 0 Å². The number of fused-ring (bicyclic) bond motifs is 3. The van der Waals surface area contributed by atoms with Gasteiger partial charge in [0.15, 0.2) is 0 Å². The van der Waals surface area contributed by atoms with Gasteiger partial charge < -0.3 is 0 Å². The molecule has 0 saturated heterocycles. The zero-order valence-electron chi connectivity index (χ0n) is 11.5. The Morgan fingerprint density at radius 1 is 0.889 bits per heavy atom. The van der Waals surface area contributed by atoms with E-state index in [0.29, 0.717) is 0 Å². The molecule has 0 amide bonds. The van der Waals surface area contributed by atoms with Crippen molar-refractivity contribution in [3.05, 3.63) is 59.2 Å². The first-order chi connectivity index (χ1) is 8.64.